The van der Waals surface area contributed by atoms with Crippen LogP contribution in [-0.4, -0.2) is 60.0 Å². The van der Waals surface area contributed by atoms with Crippen LogP contribution in [0.25, 0.3) is 0 Å². The predicted molar refractivity (Wildman–Crippen MR) is 77.1 cm³/mol. The number of ether oxygens (including phenoxy) is 1. The van der Waals surface area contributed by atoms with Crippen LogP contribution in [0.15, 0.2) is 0 Å². The highest BCUT2D eigenvalue weighted by Crippen LogP contribution is 1.83. The molecule has 19 heavy (non-hydrogen) atoms. The molecule has 0 unspecified atom stereocenters. The fraction of sp³-hybridized carbons (Fsp3) is 0.900. The third-order valence-electron chi connectivity index (χ3n) is 2.15. The van der Waals surface area contributed by atoms with Crippen molar-refractivity contribution in [2.75, 3.05) is 45.6 Å². The lowest BCUT2D eigenvalue weighted by Crippen LogP contribution is -2.36. The Bertz CT molecular complexity index is 325. The monoisotopic (exact) mass is 317 g/mol. The average molecular weight is 318 g/mol. The first kappa shape index (κ1) is 20.9. The molecule has 0 saturated heterocycles. The number of sulfonamides is 1. The first-order valence-corrected chi connectivity index (χ1v) is 7.60. The lowest BCUT2D eigenvalue weighted by Gasteiger charge is -2.07. The largest absolute Gasteiger partial charge is 0.383 e. The number of hydrogen-bond acceptors (Lipinski definition) is 5. The maximum atomic E-state index is 11.3. The number of amides is 1. The van der Waals surface area contributed by atoms with Gasteiger partial charge in [-0.25, -0.2) is 13.1 Å². The van der Waals surface area contributed by atoms with Crippen molar-refractivity contribution in [2.24, 2.45) is 0 Å². The van der Waals surface area contributed by atoms with E-state index in [1.807, 2.05) is 0 Å². The van der Waals surface area contributed by atoms with Crippen LogP contribution in [0.4, 0.5) is 0 Å². The zero-order chi connectivity index (χ0) is 13.9. The number of halogens is 1. The minimum atomic E-state index is -3.13. The van der Waals surface area contributed by atoms with Crippen molar-refractivity contribution in [3.63, 3.8) is 0 Å². The van der Waals surface area contributed by atoms with E-state index in [1.165, 1.54) is 0 Å². The van der Waals surface area contributed by atoms with Crippen LogP contribution in [0.3, 0.4) is 0 Å². The molecule has 0 aliphatic carbocycles. The molecule has 116 valence electrons. The van der Waals surface area contributed by atoms with Gasteiger partial charge in [0.1, 0.15) is 0 Å². The van der Waals surface area contributed by atoms with Gasteiger partial charge in [0.15, 0.2) is 0 Å². The van der Waals surface area contributed by atoms with Gasteiger partial charge in [0, 0.05) is 26.7 Å². The van der Waals surface area contributed by atoms with Gasteiger partial charge in [0.2, 0.25) is 15.9 Å². The molecule has 0 fully saturated rings. The molecule has 1 amide bonds. The molecule has 0 bridgehead atoms. The molecule has 0 aromatic carbocycles. The van der Waals surface area contributed by atoms with Gasteiger partial charge in [0.25, 0.3) is 0 Å². The predicted octanol–water partition coefficient (Wildman–Crippen LogP) is -0.910. The highest BCUT2D eigenvalue weighted by Gasteiger charge is 2.04. The van der Waals surface area contributed by atoms with Gasteiger partial charge in [-0.2, -0.15) is 0 Å². The summed E-state index contributed by atoms with van der Waals surface area (Å²) in [4.78, 5) is 11.3. The molecule has 0 heterocycles. The van der Waals surface area contributed by atoms with E-state index in [9.17, 15) is 13.2 Å². The van der Waals surface area contributed by atoms with E-state index in [1.54, 1.807) is 14.0 Å². The van der Waals surface area contributed by atoms with Crippen molar-refractivity contribution < 1.29 is 17.9 Å². The summed E-state index contributed by atoms with van der Waals surface area (Å²) in [5.74, 6) is -0.0348. The van der Waals surface area contributed by atoms with E-state index in [2.05, 4.69) is 15.4 Å². The van der Waals surface area contributed by atoms with Crippen LogP contribution in [0.5, 0.6) is 0 Å². The molecule has 0 rings (SSSR count). The second-order valence-corrected chi connectivity index (χ2v) is 5.77. The number of hydrogen-bond donors (Lipinski definition) is 3. The number of rotatable bonds is 11. The number of carbonyl (C=O) groups is 1. The first-order valence-electron chi connectivity index (χ1n) is 5.95. The Labute approximate surface area is 121 Å². The van der Waals surface area contributed by atoms with Crippen molar-refractivity contribution in [3.05, 3.63) is 0 Å². The maximum absolute atomic E-state index is 11.3. The number of methoxy groups -OCH3 is 1. The standard InChI is InChI=1S/C10H23N3O4S.ClH/c1-3-18(15,16)13-6-4-5-12-10(14)9-11-7-8-17-2;/h11,13H,3-9H2,1-2H3,(H,12,14);1H. The summed E-state index contributed by atoms with van der Waals surface area (Å²) in [6, 6.07) is 0. The molecule has 0 aliphatic rings. The van der Waals surface area contributed by atoms with Gasteiger partial charge >= 0.3 is 0 Å². The topological polar surface area (TPSA) is 96.5 Å². The Morgan fingerprint density at radius 1 is 1.21 bits per heavy atom. The molecule has 0 spiro atoms. The lowest BCUT2D eigenvalue weighted by atomic mass is 10.4. The Hall–Kier alpha value is -0.410. The van der Waals surface area contributed by atoms with Crippen LogP contribution >= 0.6 is 12.4 Å². The van der Waals surface area contributed by atoms with E-state index in [0.717, 1.165) is 0 Å². The molecule has 0 aliphatic heterocycles. The van der Waals surface area contributed by atoms with E-state index in [0.29, 0.717) is 32.7 Å². The molecule has 0 atom stereocenters. The van der Waals surface area contributed by atoms with Crippen molar-refractivity contribution in [1.29, 1.82) is 0 Å². The molecular formula is C10H24ClN3O4S. The molecular weight excluding hydrogens is 294 g/mol. The van der Waals surface area contributed by atoms with Crippen molar-refractivity contribution >= 4 is 28.3 Å². The minimum Gasteiger partial charge on any atom is -0.383 e. The van der Waals surface area contributed by atoms with Gasteiger partial charge in [0.05, 0.1) is 18.9 Å². The second-order valence-electron chi connectivity index (χ2n) is 3.67. The maximum Gasteiger partial charge on any atom is 0.233 e. The summed E-state index contributed by atoms with van der Waals surface area (Å²) in [5, 5.41) is 5.60. The highest BCUT2D eigenvalue weighted by atomic mass is 35.5. The summed E-state index contributed by atoms with van der Waals surface area (Å²) >= 11 is 0. The fourth-order valence-corrected chi connectivity index (χ4v) is 1.74. The van der Waals surface area contributed by atoms with Crippen molar-refractivity contribution in [1.82, 2.24) is 15.4 Å². The molecule has 9 heteroatoms. The van der Waals surface area contributed by atoms with Crippen LogP contribution < -0.4 is 15.4 Å². The Balaban J connectivity index is 0. The Morgan fingerprint density at radius 2 is 1.89 bits per heavy atom. The molecule has 0 aromatic heterocycles. The van der Waals surface area contributed by atoms with Crippen molar-refractivity contribution in [2.45, 2.75) is 13.3 Å². The molecule has 0 aromatic rings. The molecule has 0 radical (unpaired) electrons. The summed E-state index contributed by atoms with van der Waals surface area (Å²) in [7, 11) is -1.53. The van der Waals surface area contributed by atoms with Gasteiger partial charge in [-0.1, -0.05) is 0 Å². The van der Waals surface area contributed by atoms with Gasteiger partial charge in [-0.15, -0.1) is 12.4 Å². The normalized spacial score (nSPS) is 10.8. The number of nitrogens with one attached hydrogen (secondary N) is 3. The first-order chi connectivity index (χ1) is 8.52. The summed E-state index contributed by atoms with van der Waals surface area (Å²) in [5.41, 5.74) is 0. The van der Waals surface area contributed by atoms with Crippen LogP contribution in [0, 0.1) is 0 Å². The van der Waals surface area contributed by atoms with Crippen LogP contribution in [0.1, 0.15) is 13.3 Å². The lowest BCUT2D eigenvalue weighted by molar-refractivity contribution is -0.120. The summed E-state index contributed by atoms with van der Waals surface area (Å²) in [6.45, 7) is 3.80. The number of carbonyl (C=O) groups excluding carboxylic acids is 1. The van der Waals surface area contributed by atoms with Crippen LogP contribution in [0.2, 0.25) is 0 Å². The zero-order valence-corrected chi connectivity index (χ0v) is 13.0. The summed E-state index contributed by atoms with van der Waals surface area (Å²) in [6.07, 6.45) is 0.572. The molecule has 3 N–H and O–H groups in total. The SMILES string of the molecule is CCS(=O)(=O)NCCCNC(=O)CNCCOC.Cl. The minimum absolute atomic E-state index is 0. The molecule has 7 nitrogen and oxygen atoms in total. The second kappa shape index (κ2) is 12.6. The highest BCUT2D eigenvalue weighted by molar-refractivity contribution is 7.89. The van der Waals surface area contributed by atoms with Gasteiger partial charge in [-0.3, -0.25) is 4.79 Å². The third kappa shape index (κ3) is 13.8. The van der Waals surface area contributed by atoms with E-state index in [-0.39, 0.29) is 30.6 Å². The average Bonchev–Trinajstić information content (AvgIpc) is 2.34. The van der Waals surface area contributed by atoms with E-state index in [4.69, 9.17) is 4.74 Å². The molecule has 0 saturated carbocycles. The van der Waals surface area contributed by atoms with Crippen LogP contribution in [-0.2, 0) is 19.6 Å². The van der Waals surface area contributed by atoms with E-state index >= 15 is 0 Å². The quantitative estimate of drug-likeness (QED) is 0.429. The Morgan fingerprint density at radius 3 is 2.47 bits per heavy atom. The van der Waals surface area contributed by atoms with Crippen molar-refractivity contribution in [3.8, 4) is 0 Å². The smallest absolute Gasteiger partial charge is 0.233 e. The Kier molecular flexibility index (Phi) is 13.9. The van der Waals surface area contributed by atoms with Gasteiger partial charge in [-0.05, 0) is 13.3 Å². The zero-order valence-electron chi connectivity index (χ0n) is 11.4. The fourth-order valence-electron chi connectivity index (χ4n) is 1.08. The van der Waals surface area contributed by atoms with Gasteiger partial charge < -0.3 is 15.4 Å². The third-order valence-corrected chi connectivity index (χ3v) is 3.55. The van der Waals surface area contributed by atoms with E-state index < -0.39 is 10.0 Å². The summed E-state index contributed by atoms with van der Waals surface area (Å²) < 4.78 is 29.4.